The molecule has 0 aliphatic rings. The average molecular weight is 334 g/mol. The van der Waals surface area contributed by atoms with Crippen molar-refractivity contribution in [1.29, 1.82) is 0 Å². The number of hydrogen-bond donors (Lipinski definition) is 2. The van der Waals surface area contributed by atoms with Gasteiger partial charge in [0.2, 0.25) is 5.91 Å². The maximum absolute atomic E-state index is 13.8. The topological polar surface area (TPSA) is 70.9 Å². The van der Waals surface area contributed by atoms with E-state index in [2.05, 4.69) is 10.3 Å². The molecule has 7 heteroatoms. The van der Waals surface area contributed by atoms with Gasteiger partial charge < -0.3 is 15.2 Å². The number of rotatable bonds is 5. The van der Waals surface area contributed by atoms with E-state index in [0.29, 0.717) is 24.0 Å². The van der Waals surface area contributed by atoms with Gasteiger partial charge in [0, 0.05) is 24.8 Å². The number of carbonyl (C=O) groups excluding carboxylic acids is 1. The zero-order chi connectivity index (χ0) is 17.7. The fraction of sp³-hybridized carbons (Fsp3) is 0.176. The average Bonchev–Trinajstić information content (AvgIpc) is 2.51. The first-order valence-electron chi connectivity index (χ1n) is 7.17. The summed E-state index contributed by atoms with van der Waals surface area (Å²) in [6, 6.07) is 6.26. The number of phenolic OH excluding ortho intramolecular Hbond substituents is 1. The van der Waals surface area contributed by atoms with Crippen LogP contribution in [0.2, 0.25) is 0 Å². The van der Waals surface area contributed by atoms with Crippen molar-refractivity contribution in [2.45, 2.75) is 13.8 Å². The van der Waals surface area contributed by atoms with Gasteiger partial charge in [0.25, 0.3) is 0 Å². The van der Waals surface area contributed by atoms with Crippen LogP contribution in [0.3, 0.4) is 0 Å². The molecule has 2 N–H and O–H groups in total. The SMILES string of the molecule is CCOc1ccc(O)c(C=Nc2cc(NC(C)=O)c(F)cc2F)c1. The Bertz CT molecular complexity index is 792. The summed E-state index contributed by atoms with van der Waals surface area (Å²) in [6.45, 7) is 3.48. The first-order chi connectivity index (χ1) is 11.4. The van der Waals surface area contributed by atoms with Gasteiger partial charge in [-0.3, -0.25) is 9.79 Å². The number of aromatic hydroxyl groups is 1. The summed E-state index contributed by atoms with van der Waals surface area (Å²) in [5, 5.41) is 12.1. The van der Waals surface area contributed by atoms with Gasteiger partial charge in [-0.2, -0.15) is 0 Å². The predicted octanol–water partition coefficient (Wildman–Crippen LogP) is 3.78. The number of phenols is 1. The van der Waals surface area contributed by atoms with Crippen LogP contribution < -0.4 is 10.1 Å². The lowest BCUT2D eigenvalue weighted by Crippen LogP contribution is -2.07. The van der Waals surface area contributed by atoms with E-state index in [9.17, 15) is 18.7 Å². The lowest BCUT2D eigenvalue weighted by Gasteiger charge is -2.07. The lowest BCUT2D eigenvalue weighted by atomic mass is 10.2. The van der Waals surface area contributed by atoms with Crippen molar-refractivity contribution in [2.75, 3.05) is 11.9 Å². The van der Waals surface area contributed by atoms with Crippen molar-refractivity contribution in [1.82, 2.24) is 0 Å². The molecule has 0 heterocycles. The minimum absolute atomic E-state index is 0.0631. The monoisotopic (exact) mass is 334 g/mol. The predicted molar refractivity (Wildman–Crippen MR) is 87.2 cm³/mol. The summed E-state index contributed by atoms with van der Waals surface area (Å²) < 4.78 is 32.7. The summed E-state index contributed by atoms with van der Waals surface area (Å²) in [4.78, 5) is 14.9. The maximum Gasteiger partial charge on any atom is 0.221 e. The largest absolute Gasteiger partial charge is 0.507 e. The van der Waals surface area contributed by atoms with Crippen LogP contribution in [0, 0.1) is 11.6 Å². The second-order valence-corrected chi connectivity index (χ2v) is 4.88. The number of benzene rings is 2. The van der Waals surface area contributed by atoms with E-state index in [-0.39, 0.29) is 17.1 Å². The van der Waals surface area contributed by atoms with E-state index in [4.69, 9.17) is 4.74 Å². The van der Waals surface area contributed by atoms with Gasteiger partial charge in [0.1, 0.15) is 23.0 Å². The van der Waals surface area contributed by atoms with Gasteiger partial charge in [0.05, 0.1) is 12.3 Å². The van der Waals surface area contributed by atoms with E-state index in [1.165, 1.54) is 19.2 Å². The molecular weight excluding hydrogens is 318 g/mol. The summed E-state index contributed by atoms with van der Waals surface area (Å²) in [5.74, 6) is -1.82. The lowest BCUT2D eigenvalue weighted by molar-refractivity contribution is -0.114. The third-order valence-corrected chi connectivity index (χ3v) is 3.00. The van der Waals surface area contributed by atoms with Crippen LogP contribution >= 0.6 is 0 Å². The molecule has 0 aromatic heterocycles. The third kappa shape index (κ3) is 4.28. The molecule has 0 atom stereocenters. The fourth-order valence-electron chi connectivity index (χ4n) is 1.95. The van der Waals surface area contributed by atoms with Crippen molar-refractivity contribution in [3.63, 3.8) is 0 Å². The van der Waals surface area contributed by atoms with E-state index in [0.717, 1.165) is 6.07 Å². The van der Waals surface area contributed by atoms with Gasteiger partial charge >= 0.3 is 0 Å². The molecule has 0 saturated carbocycles. The highest BCUT2D eigenvalue weighted by molar-refractivity contribution is 5.90. The van der Waals surface area contributed by atoms with E-state index >= 15 is 0 Å². The number of carbonyl (C=O) groups is 1. The molecule has 0 saturated heterocycles. The van der Waals surface area contributed by atoms with E-state index in [1.54, 1.807) is 12.1 Å². The normalized spacial score (nSPS) is 10.8. The molecule has 0 fully saturated rings. The number of ether oxygens (including phenoxy) is 1. The number of nitrogens with one attached hydrogen (secondary N) is 1. The number of nitrogens with zero attached hydrogens (tertiary/aromatic N) is 1. The highest BCUT2D eigenvalue weighted by atomic mass is 19.1. The summed E-state index contributed by atoms with van der Waals surface area (Å²) >= 11 is 0. The Morgan fingerprint density at radius 2 is 2.04 bits per heavy atom. The van der Waals surface area contributed by atoms with Gasteiger partial charge in [-0.25, -0.2) is 8.78 Å². The summed E-state index contributed by atoms with van der Waals surface area (Å²) in [6.07, 6.45) is 1.23. The zero-order valence-electron chi connectivity index (χ0n) is 13.1. The van der Waals surface area contributed by atoms with Crippen molar-refractivity contribution < 1.29 is 23.4 Å². The molecule has 2 aromatic carbocycles. The number of aliphatic imine (C=N–C) groups is 1. The number of anilines is 1. The molecule has 0 bridgehead atoms. The van der Waals surface area contributed by atoms with Crippen LogP contribution in [0.4, 0.5) is 20.2 Å². The minimum Gasteiger partial charge on any atom is -0.507 e. The third-order valence-electron chi connectivity index (χ3n) is 3.00. The standard InChI is InChI=1S/C17H16F2N2O3/c1-3-24-12-4-5-17(23)11(6-12)9-20-15-8-16(21-10(2)22)14(19)7-13(15)18/h4-9,23H,3H2,1-2H3,(H,21,22). The molecule has 0 unspecified atom stereocenters. The Hall–Kier alpha value is -2.96. The second kappa shape index (κ2) is 7.54. The van der Waals surface area contributed by atoms with Crippen molar-refractivity contribution in [3.05, 3.63) is 47.5 Å². The molecule has 24 heavy (non-hydrogen) atoms. The molecule has 0 radical (unpaired) electrons. The quantitative estimate of drug-likeness (QED) is 0.818. The van der Waals surface area contributed by atoms with Gasteiger partial charge in [-0.1, -0.05) is 0 Å². The molecule has 2 aromatic rings. The van der Waals surface area contributed by atoms with Gasteiger partial charge in [-0.15, -0.1) is 0 Å². The molecule has 126 valence electrons. The van der Waals surface area contributed by atoms with Crippen LogP contribution in [-0.2, 0) is 4.79 Å². The van der Waals surface area contributed by atoms with Gasteiger partial charge in [-0.05, 0) is 31.2 Å². The summed E-state index contributed by atoms with van der Waals surface area (Å²) in [5.41, 5.74) is -0.0459. The van der Waals surface area contributed by atoms with Crippen molar-refractivity contribution >= 4 is 23.5 Å². The Morgan fingerprint density at radius 1 is 1.29 bits per heavy atom. The van der Waals surface area contributed by atoms with Crippen LogP contribution in [0.1, 0.15) is 19.4 Å². The molecular formula is C17H16F2N2O3. The first kappa shape index (κ1) is 17.4. The minimum atomic E-state index is -0.900. The second-order valence-electron chi connectivity index (χ2n) is 4.88. The molecule has 2 rings (SSSR count). The Balaban J connectivity index is 2.35. The Kier molecular flexibility index (Phi) is 5.47. The zero-order valence-corrected chi connectivity index (χ0v) is 13.1. The van der Waals surface area contributed by atoms with Crippen LogP contribution in [0.15, 0.2) is 35.3 Å². The van der Waals surface area contributed by atoms with E-state index < -0.39 is 17.5 Å². The summed E-state index contributed by atoms with van der Waals surface area (Å²) in [7, 11) is 0. The maximum atomic E-state index is 13.8. The molecule has 0 aliphatic heterocycles. The molecule has 1 amide bonds. The van der Waals surface area contributed by atoms with Gasteiger partial charge in [0.15, 0.2) is 5.82 Å². The first-order valence-corrected chi connectivity index (χ1v) is 7.17. The Morgan fingerprint density at radius 3 is 2.71 bits per heavy atom. The number of halogens is 2. The van der Waals surface area contributed by atoms with Crippen LogP contribution in [-0.4, -0.2) is 23.8 Å². The molecule has 0 spiro atoms. The van der Waals surface area contributed by atoms with Crippen LogP contribution in [0.25, 0.3) is 0 Å². The molecule has 0 aliphatic carbocycles. The Labute approximate surface area is 137 Å². The molecule has 5 nitrogen and oxygen atoms in total. The smallest absolute Gasteiger partial charge is 0.221 e. The highest BCUT2D eigenvalue weighted by Gasteiger charge is 2.10. The highest BCUT2D eigenvalue weighted by Crippen LogP contribution is 2.27. The van der Waals surface area contributed by atoms with E-state index in [1.807, 2.05) is 6.92 Å². The van der Waals surface area contributed by atoms with Crippen LogP contribution in [0.5, 0.6) is 11.5 Å². The van der Waals surface area contributed by atoms with Crippen molar-refractivity contribution in [2.24, 2.45) is 4.99 Å². The number of amides is 1. The fourth-order valence-corrected chi connectivity index (χ4v) is 1.95. The number of hydrogen-bond acceptors (Lipinski definition) is 4. The van der Waals surface area contributed by atoms with Crippen molar-refractivity contribution in [3.8, 4) is 11.5 Å².